The van der Waals surface area contributed by atoms with Gasteiger partial charge in [-0.1, -0.05) is 91.0 Å². The zero-order valence-electron chi connectivity index (χ0n) is 78.0. The minimum atomic E-state index is -4.12. The van der Waals surface area contributed by atoms with Gasteiger partial charge < -0.3 is 73.7 Å². The van der Waals surface area contributed by atoms with Crippen LogP contribution < -0.4 is 71.6 Å². The average Bonchev–Trinajstić information content (AvgIpc) is 0.759. The van der Waals surface area contributed by atoms with Gasteiger partial charge in [-0.15, -0.1) is 0 Å². The number of sulfone groups is 4. The van der Waals surface area contributed by atoms with E-state index in [9.17, 15) is 77.1 Å². The van der Waals surface area contributed by atoms with Crippen molar-refractivity contribution in [2.24, 2.45) is 0 Å². The van der Waals surface area contributed by atoms with Crippen molar-refractivity contribution in [2.75, 3.05) is 120 Å². The van der Waals surface area contributed by atoms with Crippen molar-refractivity contribution < 1.29 is 145 Å². The topological polar surface area (TPSA) is 563 Å². The maximum Gasteiger partial charge on any atom is 0.265 e. The SMILES string of the molecule is COc1ccc(CC(=O)NCCOc2ccc(S(=O)(=O)C3(C(=O)NO)CCOCC3)cc2)cc1.COc1cccc(CC(=O)NCCOc2ccc(S(=O)(=O)C3(C(=O)NO)CCOCC3)cc2)c1.O=C(NCCOc1ccc(S(=O)(=O)C2(C(=O)NO)CCOCC2)cc1)c1ccc(-c2ccc(O)cc2)cc1.O=C(NCCOc1ccc(S(=O)(=O)C2(C(=O)NO)CCOCC2)cc1)c1ccc(-c2ccccc2)cc1. The Morgan fingerprint density at radius 3 is 0.846 bits per heavy atom. The molecule has 4 aliphatic rings. The fourth-order valence-electron chi connectivity index (χ4n) is 16.0. The Kier molecular flexibility index (Phi) is 39.5. The maximum absolute atomic E-state index is 13.3. The number of phenolic OH excluding ortho intramolecular Hbond substituents is 1. The summed E-state index contributed by atoms with van der Waals surface area (Å²) in [4.78, 5) is 98.0. The van der Waals surface area contributed by atoms with Crippen molar-refractivity contribution in [1.82, 2.24) is 43.2 Å². The van der Waals surface area contributed by atoms with E-state index in [0.717, 1.165) is 39.1 Å². The molecule has 0 spiro atoms. The Hall–Kier alpha value is -14.0. The van der Waals surface area contributed by atoms with Gasteiger partial charge in [0.2, 0.25) is 11.8 Å². The average molecular weight is 2050 g/mol. The molecule has 4 heterocycles. The first-order chi connectivity index (χ1) is 68.8. The van der Waals surface area contributed by atoms with Crippen LogP contribution in [0.3, 0.4) is 0 Å². The first-order valence-corrected chi connectivity index (χ1v) is 51.1. The number of benzene rings is 10. The van der Waals surface area contributed by atoms with E-state index in [-0.39, 0.29) is 219 Å². The number of methoxy groups -OCH3 is 2. The molecule has 10 aromatic carbocycles. The largest absolute Gasteiger partial charge is 0.508 e. The van der Waals surface area contributed by atoms with Gasteiger partial charge in [0.05, 0.1) is 72.8 Å². The summed E-state index contributed by atoms with van der Waals surface area (Å²) in [5.41, 5.74) is 12.6. The number of hydroxylamine groups is 4. The summed E-state index contributed by atoms with van der Waals surface area (Å²) in [6, 6.07) is 68.2. The van der Waals surface area contributed by atoms with Crippen LogP contribution in [0.5, 0.6) is 40.2 Å². The number of hydrogen-bond acceptors (Lipinski definition) is 31. The molecule has 0 atom stereocenters. The molecule has 39 nitrogen and oxygen atoms in total. The molecule has 8 amide bonds. The molecule has 13 N–H and O–H groups in total. The summed E-state index contributed by atoms with van der Waals surface area (Å²) in [6.07, 6.45) is -0.0677. The quantitative estimate of drug-likeness (QED) is 0.00984. The normalized spacial score (nSPS) is 15.1. The van der Waals surface area contributed by atoms with Crippen LogP contribution in [0.25, 0.3) is 22.3 Å². The van der Waals surface area contributed by atoms with Gasteiger partial charge in [-0.25, -0.2) is 55.6 Å². The predicted octanol–water partition coefficient (Wildman–Crippen LogP) is 8.21. The van der Waals surface area contributed by atoms with E-state index in [2.05, 4.69) is 21.3 Å². The highest BCUT2D eigenvalue weighted by Gasteiger charge is 2.56. The monoisotopic (exact) mass is 2050 g/mol. The number of ether oxygens (including phenoxy) is 10. The van der Waals surface area contributed by atoms with E-state index in [1.807, 2.05) is 78.9 Å². The van der Waals surface area contributed by atoms with Crippen molar-refractivity contribution >= 4 is 86.6 Å². The first kappa shape index (κ1) is 109. The molecule has 14 rings (SSSR count). The lowest BCUT2D eigenvalue weighted by Crippen LogP contribution is -2.54. The third-order valence-electron chi connectivity index (χ3n) is 24.2. The molecular formula is C100H112N8O31S4. The summed E-state index contributed by atoms with van der Waals surface area (Å²) in [5.74, 6) is -1.50. The first-order valence-electron chi connectivity index (χ1n) is 45.2. The summed E-state index contributed by atoms with van der Waals surface area (Å²) >= 11 is 0. The zero-order chi connectivity index (χ0) is 103. The van der Waals surface area contributed by atoms with Crippen LogP contribution in [0.15, 0.2) is 268 Å². The van der Waals surface area contributed by atoms with Crippen molar-refractivity contribution in [1.29, 1.82) is 0 Å². The molecule has 43 heteroatoms. The summed E-state index contributed by atoms with van der Waals surface area (Å²) < 4.78 is 152. The van der Waals surface area contributed by atoms with Crippen LogP contribution in [0.1, 0.15) is 83.2 Å². The molecule has 4 aliphatic heterocycles. The minimum Gasteiger partial charge on any atom is -0.508 e. The lowest BCUT2D eigenvalue weighted by molar-refractivity contribution is -0.135. The van der Waals surface area contributed by atoms with Crippen LogP contribution in [0.2, 0.25) is 0 Å². The van der Waals surface area contributed by atoms with Gasteiger partial charge >= 0.3 is 0 Å². The molecule has 0 saturated carbocycles. The van der Waals surface area contributed by atoms with Gasteiger partial charge in [0.15, 0.2) is 58.3 Å². The molecule has 0 radical (unpaired) electrons. The van der Waals surface area contributed by atoms with Crippen molar-refractivity contribution in [3.05, 3.63) is 271 Å². The molecule has 0 unspecified atom stereocenters. The third kappa shape index (κ3) is 27.5. The Labute approximate surface area is 826 Å². The maximum atomic E-state index is 13.3. The van der Waals surface area contributed by atoms with Gasteiger partial charge in [-0.2, -0.15) is 0 Å². The van der Waals surface area contributed by atoms with Crippen molar-refractivity contribution in [2.45, 2.75) is 103 Å². The number of amides is 8. The van der Waals surface area contributed by atoms with E-state index < -0.39 is 82.0 Å². The lowest BCUT2D eigenvalue weighted by Gasteiger charge is -2.34. The molecule has 10 aromatic rings. The molecule has 4 saturated heterocycles. The van der Waals surface area contributed by atoms with Crippen LogP contribution in [0.4, 0.5) is 0 Å². The fraction of sp³-hybridized carbons (Fsp3) is 0.320. The third-order valence-corrected chi connectivity index (χ3v) is 34.2. The Bertz CT molecular complexity index is 6420. The molecule has 0 aromatic heterocycles. The molecule has 0 aliphatic carbocycles. The van der Waals surface area contributed by atoms with E-state index >= 15 is 0 Å². The van der Waals surface area contributed by atoms with E-state index in [1.54, 1.807) is 87.0 Å². The number of phenols is 1. The molecule has 4 fully saturated rings. The smallest absolute Gasteiger partial charge is 0.265 e. The number of rotatable bonds is 38. The standard InChI is InChI=1S/C27H28N2O8S.C27H28N2O7S.2C23H28N2O8S/c30-22-7-5-20(6-8-22)19-1-3-21(4-2-19)25(31)28-15-18-37-23-9-11-24(12-10-23)38(34,35)27(26(32)29-33)13-16-36-17-14-27;30-25(22-8-6-21(7-9-22)20-4-2-1-3-5-20)28-16-19-36-23-10-12-24(13-11-23)37(33,34)27(26(31)29-32)14-17-35-18-15-27;1-31-18-4-2-17(3-5-18)16-21(26)24-12-15-33-19-6-8-20(9-7-19)34(29,30)23(22(27)25-28)10-13-32-14-11-23;1-31-19-4-2-3-17(15-19)16-21(26)24-11-14-33-18-5-7-20(8-6-18)34(29,30)23(22(27)25-28)9-12-32-13-10-23/h1-12,30,33H,13-18H2,(H,28,31)(H,29,32);1-13,32H,14-19H2,(H,28,30)(H,29,31);2-9,28H,10-16H2,1H3,(H,24,26)(H,25,27);2-8,15,28H,9-14,16H2,1H3,(H,24,26)(H,25,27). The molecular weight excluding hydrogens is 1940 g/mol. The summed E-state index contributed by atoms with van der Waals surface area (Å²) in [7, 11) is -13.3. The van der Waals surface area contributed by atoms with E-state index in [0.29, 0.717) is 39.9 Å². The Balaban J connectivity index is 0.000000182. The number of carbonyl (C=O) groups is 8. The Morgan fingerprint density at radius 1 is 0.294 bits per heavy atom. The second-order valence-electron chi connectivity index (χ2n) is 32.8. The lowest BCUT2D eigenvalue weighted by atomic mass is 9.98. The zero-order valence-corrected chi connectivity index (χ0v) is 81.3. The van der Waals surface area contributed by atoms with E-state index in [4.69, 9.17) is 68.2 Å². The number of hydrogen-bond donors (Lipinski definition) is 13. The van der Waals surface area contributed by atoms with Gasteiger partial charge in [-0.05, 0) is 242 Å². The van der Waals surface area contributed by atoms with Crippen LogP contribution >= 0.6 is 0 Å². The molecule has 0 bridgehead atoms. The highest BCUT2D eigenvalue weighted by atomic mass is 32.2. The predicted molar refractivity (Wildman–Crippen MR) is 517 cm³/mol. The van der Waals surface area contributed by atoms with Gasteiger partial charge in [0, 0.05) is 64.0 Å². The minimum absolute atomic E-state index is 0.0573. The fourth-order valence-corrected chi connectivity index (χ4v) is 23.7. The van der Waals surface area contributed by atoms with Crippen LogP contribution in [-0.4, -0.2) is 246 Å². The summed E-state index contributed by atoms with van der Waals surface area (Å²) in [5, 5.41) is 57.0. The van der Waals surface area contributed by atoms with E-state index in [1.165, 1.54) is 119 Å². The second-order valence-corrected chi connectivity index (χ2v) is 41.9. The Morgan fingerprint density at radius 2 is 0.559 bits per heavy atom. The van der Waals surface area contributed by atoms with Crippen LogP contribution in [0, 0.1) is 0 Å². The molecule has 762 valence electrons. The van der Waals surface area contributed by atoms with Crippen LogP contribution in [-0.2, 0) is 99.9 Å². The van der Waals surface area contributed by atoms with Gasteiger partial charge in [-0.3, -0.25) is 59.2 Å². The number of nitrogens with one attached hydrogen (secondary N) is 8. The highest BCUT2D eigenvalue weighted by Crippen LogP contribution is 2.41. The molecule has 143 heavy (non-hydrogen) atoms. The van der Waals surface area contributed by atoms with Gasteiger partial charge in [0.25, 0.3) is 35.4 Å². The number of carbonyl (C=O) groups excluding carboxylic acids is 8. The second kappa shape index (κ2) is 51.6. The highest BCUT2D eigenvalue weighted by molar-refractivity contribution is 7.94. The number of aromatic hydroxyl groups is 1. The van der Waals surface area contributed by atoms with Gasteiger partial charge in [0.1, 0.15) is 66.7 Å². The summed E-state index contributed by atoms with van der Waals surface area (Å²) in [6.45, 7) is 2.45. The van der Waals surface area contributed by atoms with Crippen molar-refractivity contribution in [3.63, 3.8) is 0 Å². The van der Waals surface area contributed by atoms with Crippen molar-refractivity contribution in [3.8, 4) is 62.5 Å².